The van der Waals surface area contributed by atoms with E-state index >= 15 is 0 Å². The summed E-state index contributed by atoms with van der Waals surface area (Å²) in [5, 5.41) is 3.11. The normalized spacial score (nSPS) is 10.7. The van der Waals surface area contributed by atoms with E-state index in [0.717, 1.165) is 35.4 Å². The Bertz CT molecular complexity index is 464. The van der Waals surface area contributed by atoms with E-state index in [4.69, 9.17) is 0 Å². The van der Waals surface area contributed by atoms with E-state index in [1.807, 2.05) is 31.7 Å². The lowest BCUT2D eigenvalue weighted by Gasteiger charge is -2.01. The van der Waals surface area contributed by atoms with Crippen LogP contribution in [0.25, 0.3) is 0 Å². The van der Waals surface area contributed by atoms with Crippen molar-refractivity contribution in [2.45, 2.75) is 13.0 Å². The van der Waals surface area contributed by atoms with Gasteiger partial charge >= 0.3 is 0 Å². The van der Waals surface area contributed by atoms with Crippen LogP contribution in [-0.2, 0) is 13.0 Å². The molecule has 0 fully saturated rings. The fraction of sp³-hybridized carbons (Fsp3) is 0.333. The second kappa shape index (κ2) is 5.93. The molecular formula is C12H15BrN4. The van der Waals surface area contributed by atoms with E-state index in [0.29, 0.717) is 0 Å². The van der Waals surface area contributed by atoms with Crippen LogP contribution < -0.4 is 5.32 Å². The van der Waals surface area contributed by atoms with Crippen molar-refractivity contribution in [3.05, 3.63) is 46.7 Å². The third-order valence-corrected chi connectivity index (χ3v) is 2.92. The average molecular weight is 295 g/mol. The van der Waals surface area contributed by atoms with Crippen LogP contribution in [0.2, 0.25) is 0 Å². The van der Waals surface area contributed by atoms with Crippen LogP contribution in [0.5, 0.6) is 0 Å². The van der Waals surface area contributed by atoms with Crippen molar-refractivity contribution in [2.24, 2.45) is 0 Å². The van der Waals surface area contributed by atoms with Crippen LogP contribution in [0.3, 0.4) is 0 Å². The highest BCUT2D eigenvalue weighted by Crippen LogP contribution is 2.08. The molecule has 0 spiro atoms. The van der Waals surface area contributed by atoms with Crippen LogP contribution >= 0.6 is 15.9 Å². The molecule has 0 aliphatic heterocycles. The van der Waals surface area contributed by atoms with E-state index in [-0.39, 0.29) is 0 Å². The highest BCUT2D eigenvalue weighted by atomic mass is 79.9. The molecule has 0 saturated heterocycles. The fourth-order valence-corrected chi connectivity index (χ4v) is 1.80. The standard InChI is InChI=1S/C12H15BrN4/c1-14-5-4-12-8-17(9-16-12)7-11-3-2-10(13)6-15-11/h2-3,6,8-9,14H,4-5,7H2,1H3. The minimum absolute atomic E-state index is 0.764. The molecule has 2 rings (SSSR count). The van der Waals surface area contributed by atoms with Gasteiger partial charge in [0.25, 0.3) is 0 Å². The molecule has 0 saturated carbocycles. The first-order chi connectivity index (χ1) is 8.28. The summed E-state index contributed by atoms with van der Waals surface area (Å²) < 4.78 is 3.06. The van der Waals surface area contributed by atoms with Gasteiger partial charge < -0.3 is 9.88 Å². The average Bonchev–Trinajstić information content (AvgIpc) is 2.77. The van der Waals surface area contributed by atoms with Crippen molar-refractivity contribution in [2.75, 3.05) is 13.6 Å². The van der Waals surface area contributed by atoms with Gasteiger partial charge in [-0.15, -0.1) is 0 Å². The number of imidazole rings is 1. The molecule has 1 N–H and O–H groups in total. The third-order valence-electron chi connectivity index (χ3n) is 2.45. The molecule has 0 aromatic carbocycles. The number of halogens is 1. The van der Waals surface area contributed by atoms with Crippen molar-refractivity contribution >= 4 is 15.9 Å². The summed E-state index contributed by atoms with van der Waals surface area (Å²) in [5.74, 6) is 0. The number of likely N-dealkylation sites (N-methyl/N-ethyl adjacent to an activating group) is 1. The first-order valence-corrected chi connectivity index (χ1v) is 6.33. The molecule has 2 heterocycles. The van der Waals surface area contributed by atoms with Crippen molar-refractivity contribution in [1.29, 1.82) is 0 Å². The first kappa shape index (κ1) is 12.3. The number of rotatable bonds is 5. The summed E-state index contributed by atoms with van der Waals surface area (Å²) in [7, 11) is 1.95. The van der Waals surface area contributed by atoms with Crippen LogP contribution in [0.15, 0.2) is 35.3 Å². The Hall–Kier alpha value is -1.20. The lowest BCUT2D eigenvalue weighted by Crippen LogP contribution is -2.10. The summed E-state index contributed by atoms with van der Waals surface area (Å²) in [6.07, 6.45) is 6.70. The molecule has 2 aromatic rings. The predicted octanol–water partition coefficient (Wildman–Crippen LogP) is 1.85. The van der Waals surface area contributed by atoms with E-state index in [1.54, 1.807) is 0 Å². The van der Waals surface area contributed by atoms with Crippen LogP contribution in [-0.4, -0.2) is 28.1 Å². The lowest BCUT2D eigenvalue weighted by molar-refractivity contribution is 0.764. The molecule has 0 atom stereocenters. The molecule has 0 radical (unpaired) electrons. The summed E-state index contributed by atoms with van der Waals surface area (Å²) in [4.78, 5) is 8.69. The number of nitrogens with zero attached hydrogens (tertiary/aromatic N) is 3. The van der Waals surface area contributed by atoms with Gasteiger partial charge in [0.15, 0.2) is 0 Å². The fourth-order valence-electron chi connectivity index (χ4n) is 1.56. The molecule has 5 heteroatoms. The zero-order valence-electron chi connectivity index (χ0n) is 9.73. The number of aromatic nitrogens is 3. The molecule has 0 bridgehead atoms. The second-order valence-corrected chi connectivity index (χ2v) is 4.77. The Morgan fingerprint density at radius 1 is 1.29 bits per heavy atom. The van der Waals surface area contributed by atoms with Crippen molar-refractivity contribution in [3.8, 4) is 0 Å². The first-order valence-electron chi connectivity index (χ1n) is 5.53. The number of nitrogens with one attached hydrogen (secondary N) is 1. The van der Waals surface area contributed by atoms with E-state index < -0.39 is 0 Å². The Labute approximate surface area is 109 Å². The Morgan fingerprint density at radius 3 is 2.88 bits per heavy atom. The highest BCUT2D eigenvalue weighted by Gasteiger charge is 2.00. The van der Waals surface area contributed by atoms with Crippen LogP contribution in [0.1, 0.15) is 11.4 Å². The maximum atomic E-state index is 4.35. The van der Waals surface area contributed by atoms with Gasteiger partial charge in [-0.25, -0.2) is 4.98 Å². The quantitative estimate of drug-likeness (QED) is 0.915. The summed E-state index contributed by atoms with van der Waals surface area (Å²) in [6.45, 7) is 1.72. The molecular weight excluding hydrogens is 280 g/mol. The smallest absolute Gasteiger partial charge is 0.0953 e. The van der Waals surface area contributed by atoms with Gasteiger partial charge in [0, 0.05) is 29.8 Å². The summed E-state index contributed by atoms with van der Waals surface area (Å²) >= 11 is 3.37. The maximum absolute atomic E-state index is 4.35. The van der Waals surface area contributed by atoms with Crippen molar-refractivity contribution in [3.63, 3.8) is 0 Å². The molecule has 2 aromatic heterocycles. The largest absolute Gasteiger partial charge is 0.331 e. The number of hydrogen-bond donors (Lipinski definition) is 1. The van der Waals surface area contributed by atoms with E-state index in [1.165, 1.54) is 0 Å². The summed E-state index contributed by atoms with van der Waals surface area (Å²) in [6, 6.07) is 4.01. The zero-order chi connectivity index (χ0) is 12.1. The van der Waals surface area contributed by atoms with Gasteiger partial charge in [-0.05, 0) is 35.1 Å². The van der Waals surface area contributed by atoms with Crippen molar-refractivity contribution < 1.29 is 0 Å². The number of hydrogen-bond acceptors (Lipinski definition) is 3. The topological polar surface area (TPSA) is 42.7 Å². The Kier molecular flexibility index (Phi) is 4.28. The molecule has 0 aliphatic rings. The minimum Gasteiger partial charge on any atom is -0.331 e. The van der Waals surface area contributed by atoms with Crippen LogP contribution in [0.4, 0.5) is 0 Å². The maximum Gasteiger partial charge on any atom is 0.0953 e. The Morgan fingerprint density at radius 2 is 2.18 bits per heavy atom. The second-order valence-electron chi connectivity index (χ2n) is 3.86. The Balaban J connectivity index is 1.98. The van der Waals surface area contributed by atoms with Crippen LogP contribution in [0, 0.1) is 0 Å². The van der Waals surface area contributed by atoms with Gasteiger partial charge in [0.1, 0.15) is 0 Å². The predicted molar refractivity (Wildman–Crippen MR) is 70.9 cm³/mol. The van der Waals surface area contributed by atoms with E-state index in [2.05, 4.69) is 42.0 Å². The molecule has 4 nitrogen and oxygen atoms in total. The molecule has 17 heavy (non-hydrogen) atoms. The SMILES string of the molecule is CNCCc1cn(Cc2ccc(Br)cn2)cn1. The molecule has 90 valence electrons. The van der Waals surface area contributed by atoms with Gasteiger partial charge in [-0.3, -0.25) is 4.98 Å². The van der Waals surface area contributed by atoms with Gasteiger partial charge in [-0.2, -0.15) is 0 Å². The van der Waals surface area contributed by atoms with Gasteiger partial charge in [-0.1, -0.05) is 0 Å². The van der Waals surface area contributed by atoms with E-state index in [9.17, 15) is 0 Å². The monoisotopic (exact) mass is 294 g/mol. The lowest BCUT2D eigenvalue weighted by atomic mass is 10.3. The molecule has 0 amide bonds. The number of pyridine rings is 1. The highest BCUT2D eigenvalue weighted by molar-refractivity contribution is 9.10. The van der Waals surface area contributed by atoms with Gasteiger partial charge in [0.2, 0.25) is 0 Å². The van der Waals surface area contributed by atoms with Crippen molar-refractivity contribution in [1.82, 2.24) is 19.9 Å². The molecule has 0 unspecified atom stereocenters. The molecule has 0 aliphatic carbocycles. The summed E-state index contributed by atoms with van der Waals surface area (Å²) in [5.41, 5.74) is 2.14. The van der Waals surface area contributed by atoms with Gasteiger partial charge in [0.05, 0.1) is 24.3 Å². The third kappa shape index (κ3) is 3.64. The minimum atomic E-state index is 0.764. The zero-order valence-corrected chi connectivity index (χ0v) is 11.3.